The summed E-state index contributed by atoms with van der Waals surface area (Å²) < 4.78 is 14.7. The van der Waals surface area contributed by atoms with Gasteiger partial charge in [0, 0.05) is 18.4 Å². The predicted molar refractivity (Wildman–Crippen MR) is 76.8 cm³/mol. The van der Waals surface area contributed by atoms with Gasteiger partial charge in [-0.1, -0.05) is 6.07 Å². The Morgan fingerprint density at radius 2 is 1.90 bits per heavy atom. The molecule has 5 nitrogen and oxygen atoms in total. The van der Waals surface area contributed by atoms with Crippen LogP contribution in [0, 0.1) is 26.6 Å². The van der Waals surface area contributed by atoms with E-state index in [1.54, 1.807) is 32.5 Å². The Balaban J connectivity index is 2.28. The van der Waals surface area contributed by atoms with E-state index in [9.17, 15) is 14.0 Å². The monoisotopic (exact) mass is 289 g/mol. The largest absolute Gasteiger partial charge is 0.319 e. The van der Waals surface area contributed by atoms with Gasteiger partial charge in [-0.3, -0.25) is 14.3 Å². The fraction of sp³-hybridized carbons (Fsp3) is 0.267. The van der Waals surface area contributed by atoms with E-state index in [1.807, 2.05) is 0 Å². The molecule has 2 aromatic rings. The van der Waals surface area contributed by atoms with Gasteiger partial charge < -0.3 is 5.32 Å². The fourth-order valence-corrected chi connectivity index (χ4v) is 2.12. The second kappa shape index (κ2) is 5.47. The molecule has 0 bridgehead atoms. The number of nitrogens with zero attached hydrogens (tertiary/aromatic N) is 2. The average molecular weight is 289 g/mol. The minimum absolute atomic E-state index is 0.282. The number of benzene rings is 1. The zero-order chi connectivity index (χ0) is 15.7. The van der Waals surface area contributed by atoms with Gasteiger partial charge in [-0.05, 0) is 38.5 Å². The summed E-state index contributed by atoms with van der Waals surface area (Å²) in [5.41, 5.74) is 2.35. The molecule has 0 radical (unpaired) electrons. The van der Waals surface area contributed by atoms with Gasteiger partial charge >= 0.3 is 0 Å². The van der Waals surface area contributed by atoms with Gasteiger partial charge in [0.15, 0.2) is 0 Å². The molecule has 1 heterocycles. The van der Waals surface area contributed by atoms with Crippen LogP contribution in [-0.4, -0.2) is 21.5 Å². The standard InChI is InChI=1S/C15H16FN3O2/c1-8-5-6-11(16)7-12(8)17-15(21)14(20)13-9(2)18-19(4)10(13)3/h5-7H,1-4H3,(H,17,21). The van der Waals surface area contributed by atoms with Crippen LogP contribution in [0.4, 0.5) is 10.1 Å². The number of halogens is 1. The summed E-state index contributed by atoms with van der Waals surface area (Å²) in [6, 6.07) is 4.02. The van der Waals surface area contributed by atoms with Crippen LogP contribution in [0.1, 0.15) is 27.3 Å². The number of anilines is 1. The number of aryl methyl sites for hydroxylation is 3. The summed E-state index contributed by atoms with van der Waals surface area (Å²) in [5.74, 6) is -1.96. The van der Waals surface area contributed by atoms with E-state index >= 15 is 0 Å². The van der Waals surface area contributed by atoms with E-state index in [1.165, 1.54) is 18.2 Å². The van der Waals surface area contributed by atoms with E-state index in [0.29, 0.717) is 17.0 Å². The summed E-state index contributed by atoms with van der Waals surface area (Å²) in [6.45, 7) is 5.11. The lowest BCUT2D eigenvalue weighted by Gasteiger charge is -2.08. The normalized spacial score (nSPS) is 10.5. The number of ketones is 1. The Hall–Kier alpha value is -2.50. The lowest BCUT2D eigenvalue weighted by molar-refractivity contribution is -0.112. The van der Waals surface area contributed by atoms with E-state index in [0.717, 1.165) is 0 Å². The molecular formula is C15H16FN3O2. The van der Waals surface area contributed by atoms with Crippen molar-refractivity contribution in [1.82, 2.24) is 9.78 Å². The van der Waals surface area contributed by atoms with Crippen molar-refractivity contribution in [3.63, 3.8) is 0 Å². The third kappa shape index (κ3) is 2.84. The highest BCUT2D eigenvalue weighted by Crippen LogP contribution is 2.18. The Bertz CT molecular complexity index is 735. The Kier molecular flexibility index (Phi) is 3.88. The molecule has 6 heteroatoms. The third-order valence-electron chi connectivity index (χ3n) is 3.39. The van der Waals surface area contributed by atoms with Crippen molar-refractivity contribution in [3.05, 3.63) is 46.5 Å². The fourth-order valence-electron chi connectivity index (χ4n) is 2.12. The summed E-state index contributed by atoms with van der Waals surface area (Å²) in [4.78, 5) is 24.3. The topological polar surface area (TPSA) is 64.0 Å². The van der Waals surface area contributed by atoms with Crippen LogP contribution < -0.4 is 5.32 Å². The molecule has 0 spiro atoms. The zero-order valence-corrected chi connectivity index (χ0v) is 12.3. The number of amides is 1. The van der Waals surface area contributed by atoms with Crippen LogP contribution in [0.3, 0.4) is 0 Å². The number of hydrogen-bond acceptors (Lipinski definition) is 3. The molecule has 0 saturated carbocycles. The van der Waals surface area contributed by atoms with Crippen LogP contribution in [0.5, 0.6) is 0 Å². The first kappa shape index (κ1) is 14.9. The first-order valence-corrected chi connectivity index (χ1v) is 6.43. The molecule has 21 heavy (non-hydrogen) atoms. The van der Waals surface area contributed by atoms with E-state index < -0.39 is 17.5 Å². The molecular weight excluding hydrogens is 273 g/mol. The first-order chi connectivity index (χ1) is 9.81. The Labute approximate surface area is 121 Å². The SMILES string of the molecule is Cc1ccc(F)cc1NC(=O)C(=O)c1c(C)nn(C)c1C. The number of rotatable bonds is 3. The number of carbonyl (C=O) groups is 2. The van der Waals surface area contributed by atoms with Crippen molar-refractivity contribution in [2.24, 2.45) is 7.05 Å². The van der Waals surface area contributed by atoms with Crippen LogP contribution >= 0.6 is 0 Å². The molecule has 0 unspecified atom stereocenters. The summed E-state index contributed by atoms with van der Waals surface area (Å²) >= 11 is 0. The molecule has 0 fully saturated rings. The molecule has 1 aromatic heterocycles. The van der Waals surface area contributed by atoms with Crippen LogP contribution in [-0.2, 0) is 11.8 Å². The maximum atomic E-state index is 13.2. The highest BCUT2D eigenvalue weighted by Gasteiger charge is 2.24. The molecule has 1 amide bonds. The Morgan fingerprint density at radius 1 is 1.24 bits per heavy atom. The van der Waals surface area contributed by atoms with Crippen molar-refractivity contribution in [2.45, 2.75) is 20.8 Å². The molecule has 110 valence electrons. The number of aromatic nitrogens is 2. The second-order valence-corrected chi connectivity index (χ2v) is 4.91. The highest BCUT2D eigenvalue weighted by molar-refractivity contribution is 6.47. The van der Waals surface area contributed by atoms with Gasteiger partial charge in [0.2, 0.25) is 0 Å². The quantitative estimate of drug-likeness (QED) is 0.696. The minimum atomic E-state index is -0.803. The van der Waals surface area contributed by atoms with Crippen LogP contribution in [0.15, 0.2) is 18.2 Å². The number of carbonyl (C=O) groups excluding carboxylic acids is 2. The number of Topliss-reactive ketones (excluding diaryl/α,β-unsaturated/α-hetero) is 1. The van der Waals surface area contributed by atoms with Gasteiger partial charge in [-0.15, -0.1) is 0 Å². The van der Waals surface area contributed by atoms with Crippen LogP contribution in [0.25, 0.3) is 0 Å². The smallest absolute Gasteiger partial charge is 0.296 e. The van der Waals surface area contributed by atoms with Crippen molar-refractivity contribution in [1.29, 1.82) is 0 Å². The third-order valence-corrected chi connectivity index (χ3v) is 3.39. The van der Waals surface area contributed by atoms with Crippen molar-refractivity contribution < 1.29 is 14.0 Å². The lowest BCUT2D eigenvalue weighted by Crippen LogP contribution is -2.24. The van der Waals surface area contributed by atoms with Crippen molar-refractivity contribution >= 4 is 17.4 Å². The predicted octanol–water partition coefficient (Wildman–Crippen LogP) is 2.31. The zero-order valence-electron chi connectivity index (χ0n) is 12.3. The van der Waals surface area contributed by atoms with Gasteiger partial charge in [0.05, 0.1) is 11.3 Å². The maximum Gasteiger partial charge on any atom is 0.296 e. The van der Waals surface area contributed by atoms with Crippen molar-refractivity contribution in [3.8, 4) is 0 Å². The van der Waals surface area contributed by atoms with Gasteiger partial charge in [0.1, 0.15) is 5.82 Å². The summed E-state index contributed by atoms with van der Waals surface area (Å²) in [5, 5.41) is 6.56. The van der Waals surface area contributed by atoms with Gasteiger partial charge in [0.25, 0.3) is 11.7 Å². The van der Waals surface area contributed by atoms with Gasteiger partial charge in [-0.2, -0.15) is 5.10 Å². The Morgan fingerprint density at radius 3 is 2.48 bits per heavy atom. The second-order valence-electron chi connectivity index (χ2n) is 4.91. The van der Waals surface area contributed by atoms with E-state index in [2.05, 4.69) is 10.4 Å². The molecule has 1 N–H and O–H groups in total. The lowest BCUT2D eigenvalue weighted by atomic mass is 10.1. The maximum absolute atomic E-state index is 13.2. The molecule has 0 saturated heterocycles. The van der Waals surface area contributed by atoms with Gasteiger partial charge in [-0.25, -0.2) is 4.39 Å². The molecule has 2 rings (SSSR count). The van der Waals surface area contributed by atoms with E-state index in [-0.39, 0.29) is 11.3 Å². The average Bonchev–Trinajstić information content (AvgIpc) is 2.67. The molecule has 0 aliphatic rings. The summed E-state index contributed by atoms with van der Waals surface area (Å²) in [6.07, 6.45) is 0. The van der Waals surface area contributed by atoms with E-state index in [4.69, 9.17) is 0 Å². The first-order valence-electron chi connectivity index (χ1n) is 6.43. The minimum Gasteiger partial charge on any atom is -0.319 e. The number of nitrogens with one attached hydrogen (secondary N) is 1. The summed E-state index contributed by atoms with van der Waals surface area (Å²) in [7, 11) is 1.70. The molecule has 0 aliphatic carbocycles. The molecule has 0 atom stereocenters. The number of hydrogen-bond donors (Lipinski definition) is 1. The highest BCUT2D eigenvalue weighted by atomic mass is 19.1. The molecule has 0 aliphatic heterocycles. The molecule has 1 aromatic carbocycles. The van der Waals surface area contributed by atoms with Crippen LogP contribution in [0.2, 0.25) is 0 Å². The van der Waals surface area contributed by atoms with Crippen molar-refractivity contribution in [2.75, 3.05) is 5.32 Å².